The average Bonchev–Trinajstić information content (AvgIpc) is 3.07. The number of hydrogen-bond acceptors (Lipinski definition) is 5. The van der Waals surface area contributed by atoms with Crippen molar-refractivity contribution in [2.75, 3.05) is 7.11 Å². The summed E-state index contributed by atoms with van der Waals surface area (Å²) in [6.07, 6.45) is 1.65. The number of carbonyl (C=O) groups excluding carboxylic acids is 2. The van der Waals surface area contributed by atoms with Gasteiger partial charge in [0.05, 0.1) is 18.6 Å². The Kier molecular flexibility index (Phi) is 7.01. The molecule has 0 bridgehead atoms. The lowest BCUT2D eigenvalue weighted by Gasteiger charge is -2.12. The summed E-state index contributed by atoms with van der Waals surface area (Å²) >= 11 is 6.79. The van der Waals surface area contributed by atoms with E-state index in [4.69, 9.17) is 21.1 Å². The van der Waals surface area contributed by atoms with E-state index in [1.54, 1.807) is 60.7 Å². The van der Waals surface area contributed by atoms with E-state index in [-0.39, 0.29) is 30.1 Å². The Hall–Kier alpha value is -3.29. The van der Waals surface area contributed by atoms with Crippen molar-refractivity contribution >= 4 is 40.6 Å². The lowest BCUT2D eigenvalue weighted by molar-refractivity contribution is -0.123. The number of thioether (sulfide) groups is 1. The van der Waals surface area contributed by atoms with Crippen molar-refractivity contribution in [1.82, 2.24) is 4.90 Å². The van der Waals surface area contributed by atoms with Crippen LogP contribution in [0.4, 0.5) is 9.18 Å². The first-order chi connectivity index (χ1) is 15.9. The molecule has 33 heavy (non-hydrogen) atoms. The molecule has 8 heteroatoms. The Morgan fingerprint density at radius 3 is 2.36 bits per heavy atom. The van der Waals surface area contributed by atoms with Crippen LogP contribution in [-0.4, -0.2) is 23.2 Å². The van der Waals surface area contributed by atoms with E-state index in [2.05, 4.69) is 0 Å². The van der Waals surface area contributed by atoms with Crippen molar-refractivity contribution in [2.24, 2.45) is 0 Å². The molecule has 1 fully saturated rings. The molecule has 2 amide bonds. The lowest BCUT2D eigenvalue weighted by atomic mass is 10.1. The molecular formula is C25H19ClFNO4S. The van der Waals surface area contributed by atoms with Gasteiger partial charge in [-0.15, -0.1) is 0 Å². The molecule has 3 aromatic carbocycles. The average molecular weight is 484 g/mol. The summed E-state index contributed by atoms with van der Waals surface area (Å²) in [6, 6.07) is 18.3. The van der Waals surface area contributed by atoms with Gasteiger partial charge in [-0.1, -0.05) is 41.9 Å². The van der Waals surface area contributed by atoms with Crippen LogP contribution >= 0.6 is 23.4 Å². The summed E-state index contributed by atoms with van der Waals surface area (Å²) in [5.74, 6) is 0.329. The normalized spacial score (nSPS) is 14.8. The maximum Gasteiger partial charge on any atom is 0.293 e. The fraction of sp³-hybridized carbons (Fsp3) is 0.120. The second-order valence-corrected chi connectivity index (χ2v) is 8.65. The van der Waals surface area contributed by atoms with Crippen LogP contribution in [-0.2, 0) is 17.9 Å². The Labute approximate surface area is 199 Å². The van der Waals surface area contributed by atoms with E-state index in [0.29, 0.717) is 27.0 Å². The first-order valence-corrected chi connectivity index (χ1v) is 11.2. The quantitative estimate of drug-likeness (QED) is 0.369. The number of nitrogens with zero attached hydrogens (tertiary/aromatic N) is 1. The SMILES string of the molecule is COc1cc(C=C2SC(=O)N(Cc3ccc(Cl)cc3)C2=O)ccc1OCc1ccc(F)cc1. The van der Waals surface area contributed by atoms with E-state index in [9.17, 15) is 14.0 Å². The zero-order valence-electron chi connectivity index (χ0n) is 17.6. The minimum atomic E-state index is -0.351. The summed E-state index contributed by atoms with van der Waals surface area (Å²) in [5, 5.41) is 0.263. The molecule has 1 heterocycles. The summed E-state index contributed by atoms with van der Waals surface area (Å²) < 4.78 is 24.3. The highest BCUT2D eigenvalue weighted by atomic mass is 35.5. The number of rotatable bonds is 7. The predicted molar refractivity (Wildman–Crippen MR) is 127 cm³/mol. The number of hydrogen-bond donors (Lipinski definition) is 0. The maximum absolute atomic E-state index is 13.1. The Morgan fingerprint density at radius 1 is 0.970 bits per heavy atom. The number of ether oxygens (including phenoxy) is 2. The molecule has 0 radical (unpaired) electrons. The third-order valence-electron chi connectivity index (χ3n) is 4.92. The van der Waals surface area contributed by atoms with Gasteiger partial charge in [0, 0.05) is 5.02 Å². The zero-order chi connectivity index (χ0) is 23.4. The number of carbonyl (C=O) groups is 2. The van der Waals surface area contributed by atoms with Crippen LogP contribution < -0.4 is 9.47 Å². The van der Waals surface area contributed by atoms with Crippen LogP contribution in [0.15, 0.2) is 71.6 Å². The van der Waals surface area contributed by atoms with Crippen LogP contribution in [0.5, 0.6) is 11.5 Å². The summed E-state index contributed by atoms with van der Waals surface area (Å²) in [7, 11) is 1.52. The topological polar surface area (TPSA) is 55.8 Å². The Morgan fingerprint density at radius 2 is 1.67 bits per heavy atom. The molecule has 5 nitrogen and oxygen atoms in total. The van der Waals surface area contributed by atoms with E-state index >= 15 is 0 Å². The molecule has 168 valence electrons. The predicted octanol–water partition coefficient (Wildman–Crippen LogP) is 6.30. The van der Waals surface area contributed by atoms with Gasteiger partial charge < -0.3 is 9.47 Å². The molecule has 1 aliphatic rings. The van der Waals surface area contributed by atoms with Gasteiger partial charge in [-0.2, -0.15) is 0 Å². The molecule has 1 aliphatic heterocycles. The van der Waals surface area contributed by atoms with Crippen LogP contribution in [0, 0.1) is 5.82 Å². The summed E-state index contributed by atoms with van der Waals surface area (Å²) in [5.41, 5.74) is 2.32. The smallest absolute Gasteiger partial charge is 0.293 e. The lowest BCUT2D eigenvalue weighted by Crippen LogP contribution is -2.27. The third kappa shape index (κ3) is 5.56. The number of amides is 2. The van der Waals surface area contributed by atoms with Crippen molar-refractivity contribution in [1.29, 1.82) is 0 Å². The van der Waals surface area contributed by atoms with E-state index in [1.165, 1.54) is 24.1 Å². The van der Waals surface area contributed by atoms with Crippen LogP contribution in [0.2, 0.25) is 5.02 Å². The maximum atomic E-state index is 13.1. The highest BCUT2D eigenvalue weighted by molar-refractivity contribution is 8.18. The molecule has 3 aromatic rings. The minimum Gasteiger partial charge on any atom is -0.493 e. The van der Waals surface area contributed by atoms with Gasteiger partial charge in [0.2, 0.25) is 0 Å². The molecule has 1 saturated heterocycles. The first kappa shape index (κ1) is 22.9. The van der Waals surface area contributed by atoms with Crippen LogP contribution in [0.1, 0.15) is 16.7 Å². The number of benzene rings is 3. The van der Waals surface area contributed by atoms with Gasteiger partial charge in [-0.05, 0) is 70.9 Å². The van der Waals surface area contributed by atoms with Crippen molar-refractivity contribution in [3.8, 4) is 11.5 Å². The molecular weight excluding hydrogens is 465 g/mol. The fourth-order valence-corrected chi connectivity index (χ4v) is 4.16. The molecule has 0 aliphatic carbocycles. The van der Waals surface area contributed by atoms with Crippen molar-refractivity contribution in [2.45, 2.75) is 13.2 Å². The molecule has 0 atom stereocenters. The largest absolute Gasteiger partial charge is 0.493 e. The fourth-order valence-electron chi connectivity index (χ4n) is 3.19. The molecule has 0 unspecified atom stereocenters. The molecule has 4 rings (SSSR count). The first-order valence-electron chi connectivity index (χ1n) is 9.98. The Bertz CT molecular complexity index is 1210. The van der Waals surface area contributed by atoms with Gasteiger partial charge in [0.15, 0.2) is 11.5 Å². The van der Waals surface area contributed by atoms with Crippen molar-refractivity contribution in [3.63, 3.8) is 0 Å². The van der Waals surface area contributed by atoms with E-state index in [0.717, 1.165) is 22.9 Å². The third-order valence-corrected chi connectivity index (χ3v) is 6.08. The highest BCUT2D eigenvalue weighted by Crippen LogP contribution is 2.35. The van der Waals surface area contributed by atoms with Crippen molar-refractivity contribution in [3.05, 3.63) is 99.2 Å². The van der Waals surface area contributed by atoms with Crippen LogP contribution in [0.25, 0.3) is 6.08 Å². The van der Waals surface area contributed by atoms with Crippen LogP contribution in [0.3, 0.4) is 0 Å². The van der Waals surface area contributed by atoms with Crippen molar-refractivity contribution < 1.29 is 23.5 Å². The van der Waals surface area contributed by atoms with Gasteiger partial charge in [-0.25, -0.2) is 4.39 Å². The number of imide groups is 1. The monoisotopic (exact) mass is 483 g/mol. The molecule has 0 spiro atoms. The molecule has 0 aromatic heterocycles. The highest BCUT2D eigenvalue weighted by Gasteiger charge is 2.35. The van der Waals surface area contributed by atoms with Gasteiger partial charge in [0.25, 0.3) is 11.1 Å². The second kappa shape index (κ2) is 10.1. The van der Waals surface area contributed by atoms with Gasteiger partial charge >= 0.3 is 0 Å². The number of halogens is 2. The molecule has 0 saturated carbocycles. The minimum absolute atomic E-state index is 0.179. The summed E-state index contributed by atoms with van der Waals surface area (Å²) in [4.78, 5) is 26.7. The summed E-state index contributed by atoms with van der Waals surface area (Å²) in [6.45, 7) is 0.429. The Balaban J connectivity index is 1.47. The van der Waals surface area contributed by atoms with Gasteiger partial charge in [-0.3, -0.25) is 14.5 Å². The number of methoxy groups -OCH3 is 1. The van der Waals surface area contributed by atoms with E-state index < -0.39 is 0 Å². The molecule has 0 N–H and O–H groups in total. The van der Waals surface area contributed by atoms with Gasteiger partial charge in [0.1, 0.15) is 12.4 Å². The van der Waals surface area contributed by atoms with E-state index in [1.807, 2.05) is 0 Å². The standard InChI is InChI=1S/C25H19ClFNO4S/c1-31-22-12-18(6-11-21(22)32-15-17-4-9-20(27)10-5-17)13-23-24(29)28(25(30)33-23)14-16-2-7-19(26)8-3-16/h2-13H,14-15H2,1H3. The zero-order valence-corrected chi connectivity index (χ0v) is 19.2. The second-order valence-electron chi connectivity index (χ2n) is 7.22.